The van der Waals surface area contributed by atoms with E-state index in [-0.39, 0.29) is 30.3 Å². The largest absolute Gasteiger partial charge is 0.345 e. The van der Waals surface area contributed by atoms with Crippen LogP contribution < -0.4 is 5.32 Å². The van der Waals surface area contributed by atoms with E-state index in [1.807, 2.05) is 13.8 Å². The molecular formula is C11H15N3O2S. The molecule has 0 aliphatic carbocycles. The second-order valence-corrected chi connectivity index (χ2v) is 5.37. The molecular weight excluding hydrogens is 238 g/mol. The van der Waals surface area contributed by atoms with Crippen LogP contribution in [-0.2, 0) is 16.1 Å². The summed E-state index contributed by atoms with van der Waals surface area (Å²) in [5.74, 6) is 0.00740. The minimum atomic E-state index is -0.377. The van der Waals surface area contributed by atoms with Gasteiger partial charge >= 0.3 is 0 Å². The van der Waals surface area contributed by atoms with Crippen molar-refractivity contribution in [3.05, 3.63) is 16.6 Å². The molecule has 1 aliphatic rings. The van der Waals surface area contributed by atoms with E-state index in [0.29, 0.717) is 6.54 Å². The number of nitrogens with zero attached hydrogens (tertiary/aromatic N) is 2. The highest BCUT2D eigenvalue weighted by Gasteiger charge is 2.36. The molecule has 1 atom stereocenters. The zero-order valence-corrected chi connectivity index (χ0v) is 10.7. The van der Waals surface area contributed by atoms with Crippen LogP contribution in [0, 0.1) is 5.92 Å². The van der Waals surface area contributed by atoms with Crippen molar-refractivity contribution in [1.29, 1.82) is 0 Å². The van der Waals surface area contributed by atoms with E-state index < -0.39 is 0 Å². The van der Waals surface area contributed by atoms with Gasteiger partial charge in [-0.25, -0.2) is 0 Å². The van der Waals surface area contributed by atoms with Crippen LogP contribution in [0.3, 0.4) is 0 Å². The van der Waals surface area contributed by atoms with Crippen LogP contribution in [0.4, 0.5) is 0 Å². The van der Waals surface area contributed by atoms with Crippen molar-refractivity contribution in [3.63, 3.8) is 0 Å². The van der Waals surface area contributed by atoms with Gasteiger partial charge in [0.25, 0.3) is 0 Å². The van der Waals surface area contributed by atoms with Gasteiger partial charge in [-0.05, 0) is 5.92 Å². The second-order valence-electron chi connectivity index (χ2n) is 4.40. The minimum Gasteiger partial charge on any atom is -0.345 e. The van der Waals surface area contributed by atoms with Crippen LogP contribution in [0.1, 0.15) is 18.7 Å². The summed E-state index contributed by atoms with van der Waals surface area (Å²) in [7, 11) is 0. The van der Waals surface area contributed by atoms with Gasteiger partial charge in [-0.15, -0.1) is 11.3 Å². The van der Waals surface area contributed by atoms with Gasteiger partial charge in [0, 0.05) is 11.1 Å². The lowest BCUT2D eigenvalue weighted by molar-refractivity contribution is -0.148. The highest BCUT2D eigenvalue weighted by atomic mass is 32.1. The number of rotatable bonds is 3. The van der Waals surface area contributed by atoms with E-state index in [4.69, 9.17) is 0 Å². The third-order valence-corrected chi connectivity index (χ3v) is 3.54. The van der Waals surface area contributed by atoms with Gasteiger partial charge in [-0.2, -0.15) is 0 Å². The first kappa shape index (κ1) is 12.0. The molecule has 1 aromatic heterocycles. The topological polar surface area (TPSA) is 62.3 Å². The van der Waals surface area contributed by atoms with Gasteiger partial charge in [0.05, 0.1) is 18.6 Å². The van der Waals surface area contributed by atoms with Crippen LogP contribution in [0.2, 0.25) is 0 Å². The number of aromatic nitrogens is 1. The molecule has 1 unspecified atom stereocenters. The van der Waals surface area contributed by atoms with Crippen LogP contribution in [-0.4, -0.2) is 34.3 Å². The normalized spacial score (nSPS) is 20.9. The summed E-state index contributed by atoms with van der Waals surface area (Å²) in [6.45, 7) is 4.46. The Kier molecular flexibility index (Phi) is 3.42. The third kappa shape index (κ3) is 2.46. The van der Waals surface area contributed by atoms with Crippen molar-refractivity contribution >= 4 is 23.2 Å². The molecule has 1 aliphatic heterocycles. The van der Waals surface area contributed by atoms with E-state index >= 15 is 0 Å². The Morgan fingerprint density at radius 1 is 1.59 bits per heavy atom. The van der Waals surface area contributed by atoms with Crippen molar-refractivity contribution in [2.45, 2.75) is 26.4 Å². The molecule has 2 heterocycles. The fourth-order valence-corrected chi connectivity index (χ4v) is 2.60. The quantitative estimate of drug-likeness (QED) is 0.859. The SMILES string of the molecule is CC(C)C1C(=O)NCC(=O)N1Cc1cncs1. The highest BCUT2D eigenvalue weighted by molar-refractivity contribution is 7.09. The summed E-state index contributed by atoms with van der Waals surface area (Å²) < 4.78 is 0. The number of amides is 2. The fourth-order valence-electron chi connectivity index (χ4n) is 2.00. The fraction of sp³-hybridized carbons (Fsp3) is 0.545. The Labute approximate surface area is 104 Å². The Bertz CT molecular complexity index is 416. The van der Waals surface area contributed by atoms with Crippen LogP contribution in [0.5, 0.6) is 0 Å². The maximum absolute atomic E-state index is 11.9. The Morgan fingerprint density at radius 3 is 2.94 bits per heavy atom. The van der Waals surface area contributed by atoms with Gasteiger partial charge < -0.3 is 10.2 Å². The summed E-state index contributed by atoms with van der Waals surface area (Å²) in [5, 5.41) is 2.63. The number of hydrogen-bond donors (Lipinski definition) is 1. The van der Waals surface area contributed by atoms with Gasteiger partial charge in [0.2, 0.25) is 11.8 Å². The standard InChI is InChI=1S/C11H15N3O2S/c1-7(2)10-11(16)13-4-9(15)14(10)5-8-3-12-6-17-8/h3,6-7,10H,4-5H2,1-2H3,(H,13,16). The predicted octanol–water partition coefficient (Wildman–Crippen LogP) is 0.626. The first-order valence-corrected chi connectivity index (χ1v) is 6.42. The van der Waals surface area contributed by atoms with Gasteiger partial charge in [0.1, 0.15) is 6.04 Å². The molecule has 1 aromatic rings. The number of carbonyl (C=O) groups excluding carboxylic acids is 2. The van der Waals surface area contributed by atoms with E-state index in [0.717, 1.165) is 4.88 Å². The highest BCUT2D eigenvalue weighted by Crippen LogP contribution is 2.19. The van der Waals surface area contributed by atoms with Crippen LogP contribution in [0.25, 0.3) is 0 Å². The van der Waals surface area contributed by atoms with Gasteiger partial charge in [-0.3, -0.25) is 14.6 Å². The van der Waals surface area contributed by atoms with Crippen molar-refractivity contribution in [1.82, 2.24) is 15.2 Å². The average Bonchev–Trinajstić information content (AvgIpc) is 2.76. The molecule has 1 fully saturated rings. The molecule has 17 heavy (non-hydrogen) atoms. The summed E-state index contributed by atoms with van der Waals surface area (Å²) in [6.07, 6.45) is 1.74. The van der Waals surface area contributed by atoms with Crippen LogP contribution >= 0.6 is 11.3 Å². The zero-order valence-electron chi connectivity index (χ0n) is 9.84. The van der Waals surface area contributed by atoms with Gasteiger partial charge in [-0.1, -0.05) is 13.8 Å². The number of thiazole rings is 1. The zero-order chi connectivity index (χ0) is 12.4. The number of piperazine rings is 1. The van der Waals surface area contributed by atoms with Crippen LogP contribution in [0.15, 0.2) is 11.7 Å². The summed E-state index contributed by atoms with van der Waals surface area (Å²) in [5.41, 5.74) is 1.73. The number of carbonyl (C=O) groups is 2. The predicted molar refractivity (Wildman–Crippen MR) is 64.3 cm³/mol. The molecule has 0 aromatic carbocycles. The molecule has 6 heteroatoms. The lowest BCUT2D eigenvalue weighted by Crippen LogP contribution is -2.59. The lowest BCUT2D eigenvalue weighted by Gasteiger charge is -2.36. The molecule has 2 amide bonds. The molecule has 5 nitrogen and oxygen atoms in total. The lowest BCUT2D eigenvalue weighted by atomic mass is 9.99. The first-order valence-electron chi connectivity index (χ1n) is 5.54. The molecule has 2 rings (SSSR count). The molecule has 0 radical (unpaired) electrons. The third-order valence-electron chi connectivity index (χ3n) is 2.78. The smallest absolute Gasteiger partial charge is 0.243 e. The average molecular weight is 253 g/mol. The molecule has 0 saturated carbocycles. The molecule has 1 N–H and O–H groups in total. The number of nitrogens with one attached hydrogen (secondary N) is 1. The maximum Gasteiger partial charge on any atom is 0.243 e. The van der Waals surface area contributed by atoms with Crippen molar-refractivity contribution in [2.75, 3.05) is 6.54 Å². The Balaban J connectivity index is 2.20. The van der Waals surface area contributed by atoms with E-state index in [1.54, 1.807) is 16.6 Å². The molecule has 0 spiro atoms. The van der Waals surface area contributed by atoms with E-state index in [2.05, 4.69) is 10.3 Å². The molecule has 1 saturated heterocycles. The van der Waals surface area contributed by atoms with Crippen molar-refractivity contribution in [2.24, 2.45) is 5.92 Å². The van der Waals surface area contributed by atoms with E-state index in [9.17, 15) is 9.59 Å². The summed E-state index contributed by atoms with van der Waals surface area (Å²) in [4.78, 5) is 30.3. The van der Waals surface area contributed by atoms with Crippen molar-refractivity contribution in [3.8, 4) is 0 Å². The second kappa shape index (κ2) is 4.83. The maximum atomic E-state index is 11.9. The first-order chi connectivity index (χ1) is 8.09. The van der Waals surface area contributed by atoms with Gasteiger partial charge in [0.15, 0.2) is 0 Å². The Hall–Kier alpha value is -1.43. The summed E-state index contributed by atoms with van der Waals surface area (Å²) >= 11 is 1.50. The molecule has 92 valence electrons. The number of hydrogen-bond acceptors (Lipinski definition) is 4. The summed E-state index contributed by atoms with van der Waals surface area (Å²) in [6, 6.07) is -0.377. The Morgan fingerprint density at radius 2 is 2.35 bits per heavy atom. The van der Waals surface area contributed by atoms with E-state index in [1.165, 1.54) is 11.3 Å². The monoisotopic (exact) mass is 253 g/mol. The molecule has 0 bridgehead atoms. The minimum absolute atomic E-state index is 0.0308. The van der Waals surface area contributed by atoms with Crippen molar-refractivity contribution < 1.29 is 9.59 Å².